The Labute approximate surface area is 128 Å². The van der Waals surface area contributed by atoms with Crippen LogP contribution in [-0.2, 0) is 16.0 Å². The zero-order chi connectivity index (χ0) is 15.5. The van der Waals surface area contributed by atoms with Crippen LogP contribution in [0, 0.1) is 5.92 Å². The molecule has 1 atom stereocenters. The van der Waals surface area contributed by atoms with Crippen LogP contribution in [0.1, 0.15) is 12.0 Å². The number of nitrogens with zero attached hydrogens (tertiary/aromatic N) is 3. The number of carbonyl (C=O) groups excluding carboxylic acids is 2. The van der Waals surface area contributed by atoms with Gasteiger partial charge in [-0.3, -0.25) is 9.78 Å². The number of hydrogen-bond donors (Lipinski definition) is 1. The summed E-state index contributed by atoms with van der Waals surface area (Å²) in [7, 11) is 0. The molecule has 1 N–H and O–H groups in total. The van der Waals surface area contributed by atoms with Crippen LogP contribution < -0.4 is 0 Å². The van der Waals surface area contributed by atoms with Gasteiger partial charge in [0.25, 0.3) is 0 Å². The first-order valence-electron chi connectivity index (χ1n) is 7.44. The first-order chi connectivity index (χ1) is 10.6. The number of hydrogen-bond acceptors (Lipinski definition) is 5. The molecule has 0 radical (unpaired) electrons. The van der Waals surface area contributed by atoms with Crippen molar-refractivity contribution in [1.29, 1.82) is 0 Å². The lowest BCUT2D eigenvalue weighted by molar-refractivity contribution is -0.129. The zero-order valence-electron chi connectivity index (χ0n) is 12.3. The molecule has 2 saturated heterocycles. The van der Waals surface area contributed by atoms with Gasteiger partial charge in [-0.1, -0.05) is 0 Å². The summed E-state index contributed by atoms with van der Waals surface area (Å²) in [6.07, 6.45) is 3.81. The number of likely N-dealkylation sites (tertiary alicyclic amines) is 1. The van der Waals surface area contributed by atoms with Crippen LogP contribution in [0.3, 0.4) is 0 Å². The van der Waals surface area contributed by atoms with E-state index in [1.54, 1.807) is 17.2 Å². The highest BCUT2D eigenvalue weighted by Gasteiger charge is 2.31. The largest absolute Gasteiger partial charge is 0.506 e. The molecule has 2 amide bonds. The lowest BCUT2D eigenvalue weighted by Gasteiger charge is -2.19. The second-order valence-corrected chi connectivity index (χ2v) is 5.78. The van der Waals surface area contributed by atoms with Crippen molar-refractivity contribution < 1.29 is 19.4 Å². The SMILES string of the molecule is O=C(Cc1cncc(O)c1)N1CCC(CN2CCOC2=O)C1. The predicted molar refractivity (Wildman–Crippen MR) is 77.2 cm³/mol. The number of ether oxygens (including phenoxy) is 1. The van der Waals surface area contributed by atoms with Crippen LogP contribution in [0.4, 0.5) is 4.79 Å². The molecule has 2 fully saturated rings. The summed E-state index contributed by atoms with van der Waals surface area (Å²) in [5.74, 6) is 0.396. The number of pyridine rings is 1. The number of aromatic nitrogens is 1. The first kappa shape index (κ1) is 14.6. The molecule has 7 heteroatoms. The summed E-state index contributed by atoms with van der Waals surface area (Å²) in [5, 5.41) is 9.38. The molecule has 3 rings (SSSR count). The van der Waals surface area contributed by atoms with Gasteiger partial charge in [-0.05, 0) is 24.0 Å². The van der Waals surface area contributed by atoms with E-state index < -0.39 is 0 Å². The van der Waals surface area contributed by atoms with Crippen molar-refractivity contribution in [1.82, 2.24) is 14.8 Å². The van der Waals surface area contributed by atoms with Crippen molar-refractivity contribution in [3.05, 3.63) is 24.0 Å². The molecule has 0 spiro atoms. The number of carbonyl (C=O) groups is 2. The van der Waals surface area contributed by atoms with Crippen molar-refractivity contribution in [2.75, 3.05) is 32.8 Å². The minimum absolute atomic E-state index is 0.0268. The van der Waals surface area contributed by atoms with Crippen molar-refractivity contribution in [2.24, 2.45) is 5.92 Å². The molecule has 1 aromatic heterocycles. The van der Waals surface area contributed by atoms with Crippen LogP contribution in [0.2, 0.25) is 0 Å². The van der Waals surface area contributed by atoms with Gasteiger partial charge in [0, 0.05) is 25.8 Å². The Morgan fingerprint density at radius 2 is 2.27 bits per heavy atom. The van der Waals surface area contributed by atoms with Gasteiger partial charge in [-0.25, -0.2) is 4.79 Å². The molecule has 2 aliphatic rings. The smallest absolute Gasteiger partial charge is 0.409 e. The minimum Gasteiger partial charge on any atom is -0.506 e. The molecule has 0 saturated carbocycles. The van der Waals surface area contributed by atoms with E-state index in [0.29, 0.717) is 44.3 Å². The Hall–Kier alpha value is -2.31. The van der Waals surface area contributed by atoms with Gasteiger partial charge < -0.3 is 19.6 Å². The third kappa shape index (κ3) is 3.29. The maximum Gasteiger partial charge on any atom is 0.409 e. The number of rotatable bonds is 4. The molecule has 0 aromatic carbocycles. The topological polar surface area (TPSA) is 83.0 Å². The van der Waals surface area contributed by atoms with E-state index in [9.17, 15) is 14.7 Å². The Bertz CT molecular complexity index is 578. The average Bonchev–Trinajstić information content (AvgIpc) is 3.10. The molecule has 0 bridgehead atoms. The van der Waals surface area contributed by atoms with Crippen molar-refractivity contribution in [2.45, 2.75) is 12.8 Å². The number of aromatic hydroxyl groups is 1. The summed E-state index contributed by atoms with van der Waals surface area (Å²) in [4.78, 5) is 31.1. The summed E-state index contributed by atoms with van der Waals surface area (Å²) in [6, 6.07) is 1.55. The van der Waals surface area contributed by atoms with Crippen molar-refractivity contribution in [3.63, 3.8) is 0 Å². The van der Waals surface area contributed by atoms with Crippen LogP contribution in [0.15, 0.2) is 18.5 Å². The molecule has 2 aliphatic heterocycles. The van der Waals surface area contributed by atoms with Gasteiger partial charge in [0.15, 0.2) is 0 Å². The van der Waals surface area contributed by atoms with Crippen LogP contribution in [0.25, 0.3) is 0 Å². The predicted octanol–water partition coefficient (Wildman–Crippen LogP) is 0.630. The highest BCUT2D eigenvalue weighted by atomic mass is 16.6. The molecule has 7 nitrogen and oxygen atoms in total. The van der Waals surface area contributed by atoms with E-state index in [4.69, 9.17) is 4.74 Å². The molecule has 1 aromatic rings. The van der Waals surface area contributed by atoms with E-state index in [1.807, 2.05) is 4.90 Å². The molecular formula is C15H19N3O4. The maximum atomic E-state index is 12.3. The van der Waals surface area contributed by atoms with E-state index >= 15 is 0 Å². The summed E-state index contributed by atoms with van der Waals surface area (Å²) < 4.78 is 4.92. The number of amides is 2. The van der Waals surface area contributed by atoms with Crippen LogP contribution in [0.5, 0.6) is 5.75 Å². The molecule has 118 valence electrons. The first-order valence-corrected chi connectivity index (χ1v) is 7.44. The second kappa shape index (κ2) is 6.21. The fraction of sp³-hybridized carbons (Fsp3) is 0.533. The maximum absolute atomic E-state index is 12.3. The quantitative estimate of drug-likeness (QED) is 0.882. The van der Waals surface area contributed by atoms with E-state index in [2.05, 4.69) is 4.98 Å². The van der Waals surface area contributed by atoms with Gasteiger partial charge in [0.2, 0.25) is 5.91 Å². The zero-order valence-corrected chi connectivity index (χ0v) is 12.3. The van der Waals surface area contributed by atoms with Gasteiger partial charge >= 0.3 is 6.09 Å². The number of cyclic esters (lactones) is 1. The van der Waals surface area contributed by atoms with Crippen LogP contribution >= 0.6 is 0 Å². The van der Waals surface area contributed by atoms with Gasteiger partial charge in [-0.15, -0.1) is 0 Å². The Balaban J connectivity index is 1.51. The third-order valence-corrected chi connectivity index (χ3v) is 4.10. The highest BCUT2D eigenvalue weighted by Crippen LogP contribution is 2.20. The molecule has 0 aliphatic carbocycles. The summed E-state index contributed by atoms with van der Waals surface area (Å²) in [6.45, 7) is 3.11. The molecule has 1 unspecified atom stereocenters. The fourth-order valence-electron chi connectivity index (χ4n) is 2.97. The molecular weight excluding hydrogens is 286 g/mol. The Morgan fingerprint density at radius 1 is 1.41 bits per heavy atom. The highest BCUT2D eigenvalue weighted by molar-refractivity contribution is 5.79. The lowest BCUT2D eigenvalue weighted by Crippen LogP contribution is -2.34. The lowest BCUT2D eigenvalue weighted by atomic mass is 10.1. The van der Waals surface area contributed by atoms with E-state index in [1.165, 1.54) is 6.20 Å². The summed E-state index contributed by atoms with van der Waals surface area (Å²) in [5.41, 5.74) is 0.705. The van der Waals surface area contributed by atoms with Gasteiger partial charge in [0.05, 0.1) is 19.2 Å². The average molecular weight is 305 g/mol. The van der Waals surface area contributed by atoms with Crippen LogP contribution in [-0.4, -0.2) is 64.7 Å². The van der Waals surface area contributed by atoms with Gasteiger partial charge in [0.1, 0.15) is 12.4 Å². The monoisotopic (exact) mass is 305 g/mol. The van der Waals surface area contributed by atoms with Crippen molar-refractivity contribution >= 4 is 12.0 Å². The van der Waals surface area contributed by atoms with E-state index in [-0.39, 0.29) is 24.2 Å². The molecule has 3 heterocycles. The fourth-order valence-corrected chi connectivity index (χ4v) is 2.97. The Kier molecular flexibility index (Phi) is 4.13. The second-order valence-electron chi connectivity index (χ2n) is 5.78. The normalized spacial score (nSPS) is 21.3. The summed E-state index contributed by atoms with van der Waals surface area (Å²) >= 11 is 0. The molecule has 22 heavy (non-hydrogen) atoms. The third-order valence-electron chi connectivity index (χ3n) is 4.10. The van der Waals surface area contributed by atoms with Crippen molar-refractivity contribution in [3.8, 4) is 5.75 Å². The van der Waals surface area contributed by atoms with Gasteiger partial charge in [-0.2, -0.15) is 0 Å². The van der Waals surface area contributed by atoms with E-state index in [0.717, 1.165) is 6.42 Å². The standard InChI is InChI=1S/C15H19N3O4/c19-13-5-12(7-16-8-13)6-14(20)17-2-1-11(9-17)10-18-3-4-22-15(18)21/h5,7-8,11,19H,1-4,6,9-10H2. The Morgan fingerprint density at radius 3 is 3.00 bits per heavy atom. The minimum atomic E-state index is -0.254.